The molecule has 1 unspecified atom stereocenters. The number of aryl methyl sites for hydroxylation is 1. The standard InChI is InChI=1S/C14H20N4O3/c1-18-7-5-16-14(18)13(11-4-3-8-21-11)17-10-12(19)15-6-9-20-2/h3-5,7-8,13,17H,6,9-10H2,1-2H3,(H,15,19). The number of ether oxygens (including phenoxy) is 1. The van der Waals surface area contributed by atoms with E-state index in [0.29, 0.717) is 18.9 Å². The van der Waals surface area contributed by atoms with E-state index >= 15 is 0 Å². The third-order valence-electron chi connectivity index (χ3n) is 3.04. The van der Waals surface area contributed by atoms with Gasteiger partial charge in [0.1, 0.15) is 17.6 Å². The van der Waals surface area contributed by atoms with E-state index in [1.165, 1.54) is 0 Å². The number of amides is 1. The fraction of sp³-hybridized carbons (Fsp3) is 0.429. The van der Waals surface area contributed by atoms with Crippen LogP contribution >= 0.6 is 0 Å². The van der Waals surface area contributed by atoms with Gasteiger partial charge in [-0.05, 0) is 12.1 Å². The van der Waals surface area contributed by atoms with Crippen LogP contribution < -0.4 is 10.6 Å². The van der Waals surface area contributed by atoms with Crippen molar-refractivity contribution in [3.8, 4) is 0 Å². The van der Waals surface area contributed by atoms with Crippen molar-refractivity contribution in [2.75, 3.05) is 26.8 Å². The fourth-order valence-corrected chi connectivity index (χ4v) is 1.98. The van der Waals surface area contributed by atoms with E-state index in [1.54, 1.807) is 19.6 Å². The zero-order valence-electron chi connectivity index (χ0n) is 12.2. The van der Waals surface area contributed by atoms with Gasteiger partial charge in [-0.15, -0.1) is 0 Å². The lowest BCUT2D eigenvalue weighted by atomic mass is 10.2. The number of carbonyl (C=O) groups excluding carboxylic acids is 1. The first-order valence-corrected chi connectivity index (χ1v) is 6.72. The Hall–Kier alpha value is -2.12. The summed E-state index contributed by atoms with van der Waals surface area (Å²) in [6.45, 7) is 1.15. The van der Waals surface area contributed by atoms with E-state index in [0.717, 1.165) is 5.82 Å². The summed E-state index contributed by atoms with van der Waals surface area (Å²) in [7, 11) is 3.50. The maximum atomic E-state index is 11.8. The zero-order valence-corrected chi connectivity index (χ0v) is 12.2. The molecular weight excluding hydrogens is 272 g/mol. The monoisotopic (exact) mass is 292 g/mol. The van der Waals surface area contributed by atoms with Gasteiger partial charge < -0.3 is 19.0 Å². The molecule has 0 fully saturated rings. The van der Waals surface area contributed by atoms with Gasteiger partial charge in [0.2, 0.25) is 5.91 Å². The van der Waals surface area contributed by atoms with Crippen molar-refractivity contribution in [1.82, 2.24) is 20.2 Å². The van der Waals surface area contributed by atoms with E-state index in [9.17, 15) is 4.79 Å². The van der Waals surface area contributed by atoms with Crippen molar-refractivity contribution in [3.05, 3.63) is 42.4 Å². The second-order valence-corrected chi connectivity index (χ2v) is 4.57. The lowest BCUT2D eigenvalue weighted by Gasteiger charge is -2.16. The normalized spacial score (nSPS) is 12.3. The molecule has 21 heavy (non-hydrogen) atoms. The lowest BCUT2D eigenvalue weighted by Crippen LogP contribution is -2.38. The molecule has 1 atom stereocenters. The SMILES string of the molecule is COCCNC(=O)CNC(c1ccco1)c1nccn1C. The molecule has 0 aromatic carbocycles. The Labute approximate surface area is 123 Å². The number of hydrogen-bond donors (Lipinski definition) is 2. The maximum Gasteiger partial charge on any atom is 0.234 e. The van der Waals surface area contributed by atoms with Crippen LogP contribution in [0.4, 0.5) is 0 Å². The van der Waals surface area contributed by atoms with Crippen LogP contribution in [0.2, 0.25) is 0 Å². The van der Waals surface area contributed by atoms with Crippen LogP contribution in [-0.2, 0) is 16.6 Å². The Morgan fingerprint density at radius 2 is 2.43 bits per heavy atom. The van der Waals surface area contributed by atoms with Crippen LogP contribution in [0.3, 0.4) is 0 Å². The van der Waals surface area contributed by atoms with Crippen molar-refractivity contribution < 1.29 is 13.9 Å². The highest BCUT2D eigenvalue weighted by Crippen LogP contribution is 2.20. The molecule has 7 nitrogen and oxygen atoms in total. The van der Waals surface area contributed by atoms with Gasteiger partial charge in [0.15, 0.2) is 0 Å². The smallest absolute Gasteiger partial charge is 0.234 e. The molecule has 114 valence electrons. The number of rotatable bonds is 8. The highest BCUT2D eigenvalue weighted by molar-refractivity contribution is 5.78. The van der Waals surface area contributed by atoms with Gasteiger partial charge >= 0.3 is 0 Å². The molecule has 0 radical (unpaired) electrons. The largest absolute Gasteiger partial charge is 0.467 e. The van der Waals surface area contributed by atoms with Gasteiger partial charge in [-0.3, -0.25) is 10.1 Å². The number of hydrogen-bond acceptors (Lipinski definition) is 5. The minimum Gasteiger partial charge on any atom is -0.467 e. The van der Waals surface area contributed by atoms with Crippen LogP contribution in [0.1, 0.15) is 17.6 Å². The Kier molecular flexibility index (Phi) is 5.53. The van der Waals surface area contributed by atoms with E-state index in [4.69, 9.17) is 9.15 Å². The van der Waals surface area contributed by atoms with Gasteiger partial charge in [0.25, 0.3) is 0 Å². The minimum absolute atomic E-state index is 0.0992. The van der Waals surface area contributed by atoms with Gasteiger partial charge in [-0.25, -0.2) is 4.98 Å². The Bertz CT molecular complexity index is 550. The van der Waals surface area contributed by atoms with Crippen molar-refractivity contribution in [2.24, 2.45) is 7.05 Å². The number of furan rings is 1. The molecule has 2 heterocycles. The second kappa shape index (κ2) is 7.61. The average molecular weight is 292 g/mol. The predicted octanol–water partition coefficient (Wildman–Crippen LogP) is 0.455. The summed E-state index contributed by atoms with van der Waals surface area (Å²) < 4.78 is 12.2. The Morgan fingerprint density at radius 1 is 1.57 bits per heavy atom. The second-order valence-electron chi connectivity index (χ2n) is 4.57. The van der Waals surface area contributed by atoms with E-state index in [1.807, 2.05) is 29.9 Å². The first-order chi connectivity index (χ1) is 10.2. The summed E-state index contributed by atoms with van der Waals surface area (Å²) in [5, 5.41) is 5.92. The Morgan fingerprint density at radius 3 is 3.05 bits per heavy atom. The molecule has 2 rings (SSSR count). The predicted molar refractivity (Wildman–Crippen MR) is 76.6 cm³/mol. The molecule has 7 heteroatoms. The third kappa shape index (κ3) is 4.17. The maximum absolute atomic E-state index is 11.8. The van der Waals surface area contributed by atoms with Crippen LogP contribution in [0.5, 0.6) is 0 Å². The first-order valence-electron chi connectivity index (χ1n) is 6.72. The topological polar surface area (TPSA) is 81.3 Å². The number of methoxy groups -OCH3 is 1. The molecule has 2 aromatic heterocycles. The van der Waals surface area contributed by atoms with E-state index < -0.39 is 0 Å². The molecule has 0 spiro atoms. The van der Waals surface area contributed by atoms with Crippen molar-refractivity contribution >= 4 is 5.91 Å². The molecule has 2 N–H and O–H groups in total. The lowest BCUT2D eigenvalue weighted by molar-refractivity contribution is -0.120. The minimum atomic E-state index is -0.270. The van der Waals surface area contributed by atoms with Crippen LogP contribution in [0.15, 0.2) is 35.2 Å². The van der Waals surface area contributed by atoms with Gasteiger partial charge in [0, 0.05) is 33.1 Å². The summed E-state index contributed by atoms with van der Waals surface area (Å²) in [5.41, 5.74) is 0. The summed E-state index contributed by atoms with van der Waals surface area (Å²) >= 11 is 0. The molecule has 0 bridgehead atoms. The molecule has 0 aliphatic carbocycles. The van der Waals surface area contributed by atoms with Gasteiger partial charge in [-0.1, -0.05) is 0 Å². The van der Waals surface area contributed by atoms with Crippen LogP contribution in [-0.4, -0.2) is 42.3 Å². The van der Waals surface area contributed by atoms with Crippen molar-refractivity contribution in [2.45, 2.75) is 6.04 Å². The van der Waals surface area contributed by atoms with Gasteiger partial charge in [-0.2, -0.15) is 0 Å². The molecule has 0 saturated heterocycles. The quantitative estimate of drug-likeness (QED) is 0.691. The summed E-state index contributed by atoms with van der Waals surface area (Å²) in [4.78, 5) is 16.1. The summed E-state index contributed by atoms with van der Waals surface area (Å²) in [5.74, 6) is 1.40. The average Bonchev–Trinajstić information content (AvgIpc) is 3.12. The van der Waals surface area contributed by atoms with E-state index in [-0.39, 0.29) is 18.5 Å². The summed E-state index contributed by atoms with van der Waals surface area (Å²) in [6.07, 6.45) is 5.17. The highest BCUT2D eigenvalue weighted by Gasteiger charge is 2.21. The summed E-state index contributed by atoms with van der Waals surface area (Å²) in [6, 6.07) is 3.40. The molecule has 2 aromatic rings. The van der Waals surface area contributed by atoms with Gasteiger partial charge in [0.05, 0.1) is 19.4 Å². The molecule has 0 aliphatic heterocycles. The number of nitrogens with one attached hydrogen (secondary N) is 2. The number of imidazole rings is 1. The third-order valence-corrected chi connectivity index (χ3v) is 3.04. The molecule has 1 amide bonds. The fourth-order valence-electron chi connectivity index (χ4n) is 1.98. The Balaban J connectivity index is 1.98. The highest BCUT2D eigenvalue weighted by atomic mass is 16.5. The molecule has 0 saturated carbocycles. The van der Waals surface area contributed by atoms with Crippen molar-refractivity contribution in [3.63, 3.8) is 0 Å². The molecular formula is C14H20N4O3. The van der Waals surface area contributed by atoms with Crippen LogP contribution in [0, 0.1) is 0 Å². The van der Waals surface area contributed by atoms with E-state index in [2.05, 4.69) is 15.6 Å². The van der Waals surface area contributed by atoms with Crippen LogP contribution in [0.25, 0.3) is 0 Å². The first kappa shape index (κ1) is 15.3. The molecule has 0 aliphatic rings. The van der Waals surface area contributed by atoms with Crippen molar-refractivity contribution in [1.29, 1.82) is 0 Å². The number of aromatic nitrogens is 2. The number of nitrogens with zero attached hydrogens (tertiary/aromatic N) is 2. The number of carbonyl (C=O) groups is 1. The zero-order chi connectivity index (χ0) is 15.1.